The number of carbonyl (C=O) groups is 2. The Morgan fingerprint density at radius 3 is 2.57 bits per heavy atom. The Morgan fingerprint density at radius 1 is 1.14 bits per heavy atom. The van der Waals surface area contributed by atoms with Crippen LogP contribution in [0.4, 0.5) is 14.9 Å². The number of amides is 2. The van der Waals surface area contributed by atoms with E-state index in [4.69, 9.17) is 10.5 Å². The van der Waals surface area contributed by atoms with Gasteiger partial charge in [-0.2, -0.15) is 5.26 Å². The molecule has 0 atom stereocenters. The topological polar surface area (TPSA) is 118 Å². The molecule has 3 rings (SSSR count). The molecule has 2 amide bonds. The van der Waals surface area contributed by atoms with Crippen LogP contribution >= 0.6 is 0 Å². The minimum atomic E-state index is -0.793. The second kappa shape index (κ2) is 10.6. The van der Waals surface area contributed by atoms with Gasteiger partial charge in [-0.3, -0.25) is 15.1 Å². The third kappa shape index (κ3) is 6.51. The summed E-state index contributed by atoms with van der Waals surface area (Å²) in [6.45, 7) is 5.12. The third-order valence-electron chi connectivity index (χ3n) is 4.92. The van der Waals surface area contributed by atoms with Gasteiger partial charge < -0.3 is 10.5 Å². The van der Waals surface area contributed by atoms with Gasteiger partial charge in [-0.1, -0.05) is 30.3 Å². The Balaban J connectivity index is 2.16. The van der Waals surface area contributed by atoms with E-state index in [1.54, 1.807) is 69.4 Å². The number of aromatic nitrogens is 1. The molecule has 3 N–H and O–H groups in total. The Morgan fingerprint density at radius 2 is 1.89 bits per heavy atom. The standard InChI is InChI=1S/C27H25FN4O3/c1-27(2,3)35-26(34)32-23-11-10-19(20-9-6-14-31-22(20)12-13-24(30)33)21(25(23)28)15-17-7-4-5-8-18(17)16-29/h4-14H,15H2,1-3H3,(H2,30,33)(H,32,34)/b13-12+. The van der Waals surface area contributed by atoms with Gasteiger partial charge in [0.05, 0.1) is 23.0 Å². The number of rotatable bonds is 6. The summed E-state index contributed by atoms with van der Waals surface area (Å²) in [4.78, 5) is 27.9. The van der Waals surface area contributed by atoms with Crippen molar-refractivity contribution in [3.8, 4) is 17.2 Å². The molecule has 0 aliphatic rings. The molecule has 0 radical (unpaired) electrons. The Kier molecular flexibility index (Phi) is 7.62. The van der Waals surface area contributed by atoms with E-state index in [0.717, 1.165) is 0 Å². The minimum absolute atomic E-state index is 0.0643. The predicted octanol–water partition coefficient (Wildman–Crippen LogP) is 5.20. The molecule has 178 valence electrons. The highest BCUT2D eigenvalue weighted by Crippen LogP contribution is 2.34. The lowest BCUT2D eigenvalue weighted by atomic mass is 9.91. The first-order chi connectivity index (χ1) is 16.6. The number of primary amides is 1. The van der Waals surface area contributed by atoms with Crippen LogP contribution in [0.3, 0.4) is 0 Å². The number of nitrogens with zero attached hydrogens (tertiary/aromatic N) is 2. The van der Waals surface area contributed by atoms with E-state index >= 15 is 4.39 Å². The number of benzene rings is 2. The maximum atomic E-state index is 15.9. The summed E-state index contributed by atoms with van der Waals surface area (Å²) in [5, 5.41) is 12.0. The van der Waals surface area contributed by atoms with Crippen molar-refractivity contribution in [2.24, 2.45) is 5.73 Å². The molecule has 0 spiro atoms. The lowest BCUT2D eigenvalue weighted by Gasteiger charge is -2.21. The molecule has 35 heavy (non-hydrogen) atoms. The molecule has 1 heterocycles. The highest BCUT2D eigenvalue weighted by molar-refractivity contribution is 5.92. The number of anilines is 1. The van der Waals surface area contributed by atoms with Gasteiger partial charge in [-0.05, 0) is 56.2 Å². The molecule has 0 aliphatic heterocycles. The Hall–Kier alpha value is -4.51. The number of ether oxygens (including phenoxy) is 1. The first-order valence-electron chi connectivity index (χ1n) is 10.8. The molecular formula is C27H25FN4O3. The van der Waals surface area contributed by atoms with Gasteiger partial charge in [-0.25, -0.2) is 9.18 Å². The number of carbonyl (C=O) groups excluding carboxylic acids is 2. The lowest BCUT2D eigenvalue weighted by molar-refractivity contribution is -0.113. The predicted molar refractivity (Wildman–Crippen MR) is 132 cm³/mol. The molecule has 3 aromatic rings. The van der Waals surface area contributed by atoms with Crippen molar-refractivity contribution >= 4 is 23.8 Å². The molecule has 0 saturated carbocycles. The zero-order valence-electron chi connectivity index (χ0n) is 19.6. The summed E-state index contributed by atoms with van der Waals surface area (Å²) in [7, 11) is 0. The average molecular weight is 473 g/mol. The maximum Gasteiger partial charge on any atom is 0.412 e. The quantitative estimate of drug-likeness (QED) is 0.478. The number of nitrogens with two attached hydrogens (primary N) is 1. The summed E-state index contributed by atoms with van der Waals surface area (Å²) in [6.07, 6.45) is 3.45. The molecule has 0 unspecified atom stereocenters. The zero-order chi connectivity index (χ0) is 25.6. The first-order valence-corrected chi connectivity index (χ1v) is 10.8. The Bertz CT molecular complexity index is 1340. The number of hydrogen-bond acceptors (Lipinski definition) is 5. The molecule has 0 fully saturated rings. The normalized spacial score (nSPS) is 11.2. The molecule has 0 aliphatic carbocycles. The average Bonchev–Trinajstić information content (AvgIpc) is 2.80. The van der Waals surface area contributed by atoms with Crippen LogP contribution in [0.15, 0.2) is 60.8 Å². The fraction of sp³-hybridized carbons (Fsp3) is 0.185. The number of nitriles is 1. The number of hydrogen-bond donors (Lipinski definition) is 2. The monoisotopic (exact) mass is 472 g/mol. The molecule has 2 aromatic carbocycles. The largest absolute Gasteiger partial charge is 0.444 e. The molecule has 7 nitrogen and oxygen atoms in total. The van der Waals surface area contributed by atoms with E-state index in [-0.39, 0.29) is 17.7 Å². The van der Waals surface area contributed by atoms with Crippen LogP contribution in [0.5, 0.6) is 0 Å². The van der Waals surface area contributed by atoms with Crippen molar-refractivity contribution in [2.75, 3.05) is 5.32 Å². The summed E-state index contributed by atoms with van der Waals surface area (Å²) in [5.41, 5.74) is 7.12. The van der Waals surface area contributed by atoms with Crippen LogP contribution in [0.2, 0.25) is 0 Å². The first kappa shape index (κ1) is 25.1. The molecule has 0 saturated heterocycles. The SMILES string of the molecule is CC(C)(C)OC(=O)Nc1ccc(-c2cccnc2/C=C/C(N)=O)c(Cc2ccccc2C#N)c1F. The summed E-state index contributed by atoms with van der Waals surface area (Å²) in [5.74, 6) is -1.32. The lowest BCUT2D eigenvalue weighted by Crippen LogP contribution is -2.27. The van der Waals surface area contributed by atoms with Crippen LogP contribution in [0.1, 0.15) is 43.2 Å². The van der Waals surface area contributed by atoms with Crippen LogP contribution in [0.25, 0.3) is 17.2 Å². The van der Waals surface area contributed by atoms with Crippen LogP contribution < -0.4 is 11.1 Å². The summed E-state index contributed by atoms with van der Waals surface area (Å²) in [6, 6.07) is 15.5. The van der Waals surface area contributed by atoms with Gasteiger partial charge in [0.2, 0.25) is 5.91 Å². The summed E-state index contributed by atoms with van der Waals surface area (Å²) < 4.78 is 21.2. The van der Waals surface area contributed by atoms with E-state index in [9.17, 15) is 14.9 Å². The van der Waals surface area contributed by atoms with E-state index in [1.807, 2.05) is 0 Å². The van der Waals surface area contributed by atoms with Crippen LogP contribution in [-0.2, 0) is 16.0 Å². The van der Waals surface area contributed by atoms with Crippen molar-refractivity contribution in [1.29, 1.82) is 5.26 Å². The van der Waals surface area contributed by atoms with Crippen molar-refractivity contribution in [3.05, 3.63) is 89.0 Å². The van der Waals surface area contributed by atoms with Gasteiger partial charge in [-0.15, -0.1) is 0 Å². The van der Waals surface area contributed by atoms with Gasteiger partial charge in [0.15, 0.2) is 5.82 Å². The third-order valence-corrected chi connectivity index (χ3v) is 4.92. The van der Waals surface area contributed by atoms with E-state index in [1.165, 1.54) is 18.2 Å². The van der Waals surface area contributed by atoms with Crippen LogP contribution in [0, 0.1) is 17.1 Å². The Labute approximate surface area is 203 Å². The van der Waals surface area contributed by atoms with E-state index < -0.39 is 23.4 Å². The van der Waals surface area contributed by atoms with Gasteiger partial charge >= 0.3 is 6.09 Å². The number of halogens is 1. The number of pyridine rings is 1. The fourth-order valence-corrected chi connectivity index (χ4v) is 3.47. The van der Waals surface area contributed by atoms with Gasteiger partial charge in [0, 0.05) is 29.8 Å². The fourth-order valence-electron chi connectivity index (χ4n) is 3.47. The van der Waals surface area contributed by atoms with Crippen molar-refractivity contribution in [3.63, 3.8) is 0 Å². The van der Waals surface area contributed by atoms with Crippen LogP contribution in [-0.4, -0.2) is 22.6 Å². The molecule has 0 bridgehead atoms. The van der Waals surface area contributed by atoms with E-state index in [0.29, 0.717) is 27.9 Å². The second-order valence-electron chi connectivity index (χ2n) is 8.70. The van der Waals surface area contributed by atoms with Crippen molar-refractivity contribution < 1.29 is 18.7 Å². The highest BCUT2D eigenvalue weighted by Gasteiger charge is 2.22. The maximum absolute atomic E-state index is 15.9. The minimum Gasteiger partial charge on any atom is -0.444 e. The summed E-state index contributed by atoms with van der Waals surface area (Å²) >= 11 is 0. The molecule has 1 aromatic heterocycles. The van der Waals surface area contributed by atoms with Crippen molar-refractivity contribution in [2.45, 2.75) is 32.8 Å². The molecule has 8 heteroatoms. The van der Waals surface area contributed by atoms with E-state index in [2.05, 4.69) is 16.4 Å². The highest BCUT2D eigenvalue weighted by atomic mass is 19.1. The van der Waals surface area contributed by atoms with Gasteiger partial charge in [0.25, 0.3) is 0 Å². The second-order valence-corrected chi connectivity index (χ2v) is 8.70. The number of nitrogens with one attached hydrogen (secondary N) is 1. The molecular weight excluding hydrogens is 447 g/mol. The van der Waals surface area contributed by atoms with Crippen molar-refractivity contribution in [1.82, 2.24) is 4.98 Å². The zero-order valence-corrected chi connectivity index (χ0v) is 19.6. The smallest absolute Gasteiger partial charge is 0.412 e. The van der Waals surface area contributed by atoms with Gasteiger partial charge in [0.1, 0.15) is 5.60 Å².